The van der Waals surface area contributed by atoms with Gasteiger partial charge >= 0.3 is 5.97 Å². The van der Waals surface area contributed by atoms with Crippen LogP contribution in [0.15, 0.2) is 0 Å². The van der Waals surface area contributed by atoms with Crippen molar-refractivity contribution in [1.82, 2.24) is 0 Å². The van der Waals surface area contributed by atoms with Crippen LogP contribution in [0.4, 0.5) is 0 Å². The molecule has 0 spiro atoms. The van der Waals surface area contributed by atoms with E-state index in [4.69, 9.17) is 0 Å². The van der Waals surface area contributed by atoms with Gasteiger partial charge in [0.2, 0.25) is 0 Å². The monoisotopic (exact) mass is 97.0 g/mol. The van der Waals surface area contributed by atoms with Gasteiger partial charge in [-0.3, -0.25) is 4.79 Å². The molecule has 2 heteroatoms. The lowest BCUT2D eigenvalue weighted by atomic mass is 10.5. The Morgan fingerprint density at radius 3 is 2.71 bits per heavy atom. The van der Waals surface area contributed by atoms with Gasteiger partial charge in [-0.15, -0.1) is 0 Å². The van der Waals surface area contributed by atoms with Gasteiger partial charge in [0.1, 0.15) is 6.11 Å². The number of carbonyl (C=O) groups excluding carboxylic acids is 1. The summed E-state index contributed by atoms with van der Waals surface area (Å²) in [6.45, 7) is 3.23. The number of terminal acetylenes is 1. The maximum absolute atomic E-state index is 9.98. The number of esters is 1. The summed E-state index contributed by atoms with van der Waals surface area (Å²) in [6, 6.07) is 0. The van der Waals surface area contributed by atoms with E-state index >= 15 is 0 Å². The van der Waals surface area contributed by atoms with Gasteiger partial charge in [-0.2, -0.15) is 0 Å². The number of hydrogen-bond acceptors (Lipinski definition) is 2. The molecule has 0 atom stereocenters. The van der Waals surface area contributed by atoms with Gasteiger partial charge in [0.05, 0.1) is 0 Å². The first-order valence-electron chi connectivity index (χ1n) is 1.75. The van der Waals surface area contributed by atoms with Gasteiger partial charge in [0.25, 0.3) is 0 Å². The SMILES string of the molecule is C#COC(=O)C[CH2]. The van der Waals surface area contributed by atoms with E-state index in [1.165, 1.54) is 0 Å². The number of rotatable bonds is 1. The fraction of sp³-hybridized carbons (Fsp3) is 0.200. The average molecular weight is 97.1 g/mol. The lowest BCUT2D eigenvalue weighted by Gasteiger charge is -1.84. The summed E-state index contributed by atoms with van der Waals surface area (Å²) in [7, 11) is 0. The molecule has 0 heterocycles. The molecule has 37 valence electrons. The molecular formula is C5H5O2. The van der Waals surface area contributed by atoms with Crippen molar-refractivity contribution in [2.45, 2.75) is 6.42 Å². The van der Waals surface area contributed by atoms with E-state index in [1.54, 1.807) is 6.11 Å². The molecule has 0 fully saturated rings. The first-order chi connectivity index (χ1) is 3.31. The third kappa shape index (κ3) is 2.84. The predicted molar refractivity (Wildman–Crippen MR) is 24.9 cm³/mol. The first-order valence-corrected chi connectivity index (χ1v) is 1.75. The summed E-state index contributed by atoms with van der Waals surface area (Å²) < 4.78 is 4.02. The van der Waals surface area contributed by atoms with E-state index in [9.17, 15) is 4.79 Å². The van der Waals surface area contributed by atoms with Crippen molar-refractivity contribution in [2.24, 2.45) is 0 Å². The predicted octanol–water partition coefficient (Wildman–Crippen LogP) is 0.344. The lowest BCUT2D eigenvalue weighted by Crippen LogP contribution is -1.94. The van der Waals surface area contributed by atoms with Gasteiger partial charge in [0.15, 0.2) is 0 Å². The second-order valence-electron chi connectivity index (χ2n) is 0.842. The lowest BCUT2D eigenvalue weighted by molar-refractivity contribution is -0.135. The quantitative estimate of drug-likeness (QED) is 0.348. The highest BCUT2D eigenvalue weighted by Gasteiger charge is 1.90. The number of ether oxygens (including phenoxy) is 1. The van der Waals surface area contributed by atoms with E-state index in [-0.39, 0.29) is 6.42 Å². The molecule has 0 unspecified atom stereocenters. The number of carbonyl (C=O) groups is 1. The zero-order chi connectivity index (χ0) is 5.70. The molecule has 0 rings (SSSR count). The highest BCUT2D eigenvalue weighted by atomic mass is 16.5. The minimum absolute atomic E-state index is 0.0875. The second-order valence-corrected chi connectivity index (χ2v) is 0.842. The Balaban J connectivity index is 3.23. The Hall–Kier alpha value is -0.970. The van der Waals surface area contributed by atoms with Crippen LogP contribution < -0.4 is 0 Å². The van der Waals surface area contributed by atoms with E-state index in [2.05, 4.69) is 18.1 Å². The summed E-state index contributed by atoms with van der Waals surface area (Å²) in [6.07, 6.45) is 6.40. The Labute approximate surface area is 42.5 Å². The summed E-state index contributed by atoms with van der Waals surface area (Å²) in [5.41, 5.74) is 0. The van der Waals surface area contributed by atoms with Crippen molar-refractivity contribution >= 4 is 5.97 Å². The summed E-state index contributed by atoms with van der Waals surface area (Å²) in [5.74, 6) is -0.470. The standard InChI is InChI=1S/C5H5O2/c1-3-5(6)7-4-2/h2H,1,3H2. The molecule has 0 aromatic carbocycles. The fourth-order valence-corrected chi connectivity index (χ4v) is 0.117. The summed E-state index contributed by atoms with van der Waals surface area (Å²) >= 11 is 0. The molecule has 2 nitrogen and oxygen atoms in total. The maximum atomic E-state index is 9.98. The van der Waals surface area contributed by atoms with Crippen molar-refractivity contribution in [3.8, 4) is 12.5 Å². The molecule has 0 aliphatic carbocycles. The van der Waals surface area contributed by atoms with Crippen LogP contribution in [0.1, 0.15) is 6.42 Å². The molecule has 0 aliphatic rings. The van der Waals surface area contributed by atoms with Crippen molar-refractivity contribution in [1.29, 1.82) is 0 Å². The molecule has 0 N–H and O–H groups in total. The van der Waals surface area contributed by atoms with Crippen molar-refractivity contribution in [2.75, 3.05) is 0 Å². The molecule has 0 saturated carbocycles. The third-order valence-electron chi connectivity index (χ3n) is 0.377. The Morgan fingerprint density at radius 1 is 2.00 bits per heavy atom. The van der Waals surface area contributed by atoms with Gasteiger partial charge in [-0.25, -0.2) is 0 Å². The molecule has 0 saturated heterocycles. The molecule has 0 aromatic rings. The first kappa shape index (κ1) is 6.03. The summed E-state index contributed by atoms with van der Waals surface area (Å²) in [5, 5.41) is 0. The Kier molecular flexibility index (Phi) is 2.78. The Bertz CT molecular complexity index is 99.1. The Morgan fingerprint density at radius 2 is 2.57 bits per heavy atom. The normalized spacial score (nSPS) is 6.86. The van der Waals surface area contributed by atoms with Crippen molar-refractivity contribution in [3.63, 3.8) is 0 Å². The highest BCUT2D eigenvalue weighted by Crippen LogP contribution is 1.78. The smallest absolute Gasteiger partial charge is 0.319 e. The summed E-state index contributed by atoms with van der Waals surface area (Å²) in [4.78, 5) is 9.98. The molecular weight excluding hydrogens is 92.1 g/mol. The van der Waals surface area contributed by atoms with Crippen LogP contribution in [0.25, 0.3) is 0 Å². The van der Waals surface area contributed by atoms with E-state index in [0.29, 0.717) is 0 Å². The average Bonchev–Trinajstić information content (AvgIpc) is 1.68. The largest absolute Gasteiger partial charge is 0.372 e. The van der Waals surface area contributed by atoms with Crippen LogP contribution >= 0.6 is 0 Å². The second kappa shape index (κ2) is 3.23. The van der Waals surface area contributed by atoms with Gasteiger partial charge in [0, 0.05) is 6.42 Å². The van der Waals surface area contributed by atoms with Crippen molar-refractivity contribution in [3.05, 3.63) is 6.92 Å². The molecule has 0 bridgehead atoms. The highest BCUT2D eigenvalue weighted by molar-refractivity contribution is 5.70. The van der Waals surface area contributed by atoms with Crippen LogP contribution in [0.3, 0.4) is 0 Å². The van der Waals surface area contributed by atoms with Crippen LogP contribution in [-0.4, -0.2) is 5.97 Å². The van der Waals surface area contributed by atoms with Crippen molar-refractivity contribution < 1.29 is 9.53 Å². The van der Waals surface area contributed by atoms with Gasteiger partial charge < -0.3 is 4.74 Å². The van der Waals surface area contributed by atoms with E-state index in [1.807, 2.05) is 0 Å². The van der Waals surface area contributed by atoms with Crippen LogP contribution in [0.5, 0.6) is 0 Å². The minimum Gasteiger partial charge on any atom is -0.372 e. The fourth-order valence-electron chi connectivity index (χ4n) is 0.117. The zero-order valence-corrected chi connectivity index (χ0v) is 3.81. The van der Waals surface area contributed by atoms with Gasteiger partial charge in [-0.05, 0) is 6.92 Å². The maximum Gasteiger partial charge on any atom is 0.319 e. The topological polar surface area (TPSA) is 26.3 Å². The molecule has 0 aromatic heterocycles. The number of hydrogen-bond donors (Lipinski definition) is 0. The van der Waals surface area contributed by atoms with Crippen LogP contribution in [0, 0.1) is 19.5 Å². The van der Waals surface area contributed by atoms with Crippen LogP contribution in [0.2, 0.25) is 0 Å². The van der Waals surface area contributed by atoms with E-state index < -0.39 is 5.97 Å². The molecule has 0 amide bonds. The van der Waals surface area contributed by atoms with Gasteiger partial charge in [-0.1, -0.05) is 6.42 Å². The zero-order valence-electron chi connectivity index (χ0n) is 3.81. The molecule has 0 aliphatic heterocycles. The van der Waals surface area contributed by atoms with E-state index in [0.717, 1.165) is 0 Å². The third-order valence-corrected chi connectivity index (χ3v) is 0.377. The van der Waals surface area contributed by atoms with Crippen LogP contribution in [-0.2, 0) is 9.53 Å². The molecule has 7 heavy (non-hydrogen) atoms. The molecule has 1 radical (unpaired) electrons. The minimum atomic E-state index is -0.470.